The van der Waals surface area contributed by atoms with Crippen molar-refractivity contribution >= 4 is 11.6 Å². The first-order valence-corrected chi connectivity index (χ1v) is 9.21. The highest BCUT2D eigenvalue weighted by atomic mass is 16.5. The number of benzene rings is 3. The molecule has 0 atom stereocenters. The van der Waals surface area contributed by atoms with E-state index in [1.807, 2.05) is 50.2 Å². The van der Waals surface area contributed by atoms with E-state index >= 15 is 0 Å². The third-order valence-electron chi connectivity index (χ3n) is 4.44. The summed E-state index contributed by atoms with van der Waals surface area (Å²) in [6, 6.07) is 23.3. The summed E-state index contributed by atoms with van der Waals surface area (Å²) in [6.45, 7) is 6.45. The van der Waals surface area contributed by atoms with Gasteiger partial charge < -0.3 is 4.74 Å². The zero-order valence-corrected chi connectivity index (χ0v) is 16.4. The predicted octanol–water partition coefficient (Wildman–Crippen LogP) is 5.04. The normalized spacial score (nSPS) is 11.2. The Morgan fingerprint density at radius 2 is 1.36 bits per heavy atom. The molecule has 0 aliphatic heterocycles. The van der Waals surface area contributed by atoms with E-state index in [0.717, 1.165) is 22.6 Å². The van der Waals surface area contributed by atoms with E-state index in [1.54, 1.807) is 24.3 Å². The number of ether oxygens (including phenoxy) is 1. The van der Waals surface area contributed by atoms with Crippen LogP contribution in [0, 0.1) is 13.8 Å². The fraction of sp³-hybridized carbons (Fsp3) is 0.167. The second-order valence-electron chi connectivity index (χ2n) is 6.80. The second kappa shape index (κ2) is 9.00. The molecular formula is C24H24N2O2. The average Bonchev–Trinajstić information content (AvgIpc) is 2.72. The molecule has 3 rings (SSSR count). The number of hydrogen-bond acceptors (Lipinski definition) is 3. The summed E-state index contributed by atoms with van der Waals surface area (Å²) in [6.07, 6.45) is 0. The Kier molecular flexibility index (Phi) is 6.22. The summed E-state index contributed by atoms with van der Waals surface area (Å²) in [5.74, 6) is 0.466. The molecule has 0 aliphatic carbocycles. The molecule has 0 unspecified atom stereocenters. The smallest absolute Gasteiger partial charge is 0.271 e. The number of nitrogens with one attached hydrogen (secondary N) is 1. The molecule has 0 saturated heterocycles. The number of nitrogens with zero attached hydrogens (tertiary/aromatic N) is 1. The number of carbonyl (C=O) groups is 1. The van der Waals surface area contributed by atoms with E-state index in [1.165, 1.54) is 11.1 Å². The Morgan fingerprint density at radius 1 is 0.821 bits per heavy atom. The van der Waals surface area contributed by atoms with Gasteiger partial charge in [-0.15, -0.1) is 0 Å². The van der Waals surface area contributed by atoms with Crippen LogP contribution in [0.2, 0.25) is 0 Å². The molecule has 0 radical (unpaired) electrons. The largest absolute Gasteiger partial charge is 0.489 e. The van der Waals surface area contributed by atoms with Gasteiger partial charge in [-0.3, -0.25) is 4.79 Å². The second-order valence-corrected chi connectivity index (χ2v) is 6.80. The standard InChI is InChI=1S/C24H24N2O2/c1-17-4-8-20(9-5-17)16-28-23-14-12-22(13-15-23)24(27)26-25-19(3)21-10-6-18(2)7-11-21/h4-15H,16H2,1-3H3,(H,26,27)/b25-19-. The molecule has 4 heteroatoms. The van der Waals surface area contributed by atoms with Crippen molar-refractivity contribution in [2.45, 2.75) is 27.4 Å². The molecule has 0 aliphatic rings. The first-order chi connectivity index (χ1) is 13.5. The molecular weight excluding hydrogens is 348 g/mol. The van der Waals surface area contributed by atoms with Crippen molar-refractivity contribution in [2.75, 3.05) is 0 Å². The fourth-order valence-corrected chi connectivity index (χ4v) is 2.61. The molecule has 142 valence electrons. The van der Waals surface area contributed by atoms with Gasteiger partial charge in [0.05, 0.1) is 5.71 Å². The van der Waals surface area contributed by atoms with Gasteiger partial charge in [0, 0.05) is 5.56 Å². The van der Waals surface area contributed by atoms with Crippen LogP contribution in [0.4, 0.5) is 0 Å². The van der Waals surface area contributed by atoms with E-state index in [-0.39, 0.29) is 5.91 Å². The van der Waals surface area contributed by atoms with Crippen molar-refractivity contribution in [1.29, 1.82) is 0 Å². The molecule has 4 nitrogen and oxygen atoms in total. The van der Waals surface area contributed by atoms with Crippen LogP contribution in [0.3, 0.4) is 0 Å². The molecule has 28 heavy (non-hydrogen) atoms. The van der Waals surface area contributed by atoms with E-state index in [4.69, 9.17) is 4.74 Å². The highest BCUT2D eigenvalue weighted by Gasteiger charge is 2.06. The zero-order valence-electron chi connectivity index (χ0n) is 16.4. The van der Waals surface area contributed by atoms with Crippen LogP contribution in [-0.2, 0) is 6.61 Å². The summed E-state index contributed by atoms with van der Waals surface area (Å²) in [4.78, 5) is 12.3. The Bertz CT molecular complexity index is 957. The summed E-state index contributed by atoms with van der Waals surface area (Å²) in [5.41, 5.74) is 8.38. The van der Waals surface area contributed by atoms with Gasteiger partial charge in [-0.05, 0) is 56.2 Å². The number of hydrogen-bond donors (Lipinski definition) is 1. The van der Waals surface area contributed by atoms with Gasteiger partial charge in [-0.1, -0.05) is 59.7 Å². The number of carbonyl (C=O) groups excluding carboxylic acids is 1. The number of amides is 1. The summed E-state index contributed by atoms with van der Waals surface area (Å²) in [5, 5.41) is 4.19. The van der Waals surface area contributed by atoms with Gasteiger partial charge in [0.15, 0.2) is 0 Å². The molecule has 0 heterocycles. The number of rotatable bonds is 6. The van der Waals surface area contributed by atoms with Crippen LogP contribution in [-0.4, -0.2) is 11.6 Å². The van der Waals surface area contributed by atoms with Crippen molar-refractivity contribution in [3.8, 4) is 5.75 Å². The minimum Gasteiger partial charge on any atom is -0.489 e. The molecule has 0 aromatic heterocycles. The minimum absolute atomic E-state index is 0.253. The van der Waals surface area contributed by atoms with Crippen molar-refractivity contribution in [3.05, 3.63) is 101 Å². The van der Waals surface area contributed by atoms with E-state index in [2.05, 4.69) is 29.6 Å². The summed E-state index contributed by atoms with van der Waals surface area (Å²) >= 11 is 0. The van der Waals surface area contributed by atoms with Gasteiger partial charge in [-0.2, -0.15) is 5.10 Å². The molecule has 0 saturated carbocycles. The van der Waals surface area contributed by atoms with Gasteiger partial charge in [0.25, 0.3) is 5.91 Å². The van der Waals surface area contributed by atoms with Gasteiger partial charge >= 0.3 is 0 Å². The van der Waals surface area contributed by atoms with Crippen molar-refractivity contribution in [3.63, 3.8) is 0 Å². The molecule has 0 fully saturated rings. The van der Waals surface area contributed by atoms with Crippen LogP contribution >= 0.6 is 0 Å². The van der Waals surface area contributed by atoms with Crippen LogP contribution in [0.5, 0.6) is 5.75 Å². The van der Waals surface area contributed by atoms with E-state index in [0.29, 0.717) is 12.2 Å². The molecule has 3 aromatic rings. The van der Waals surface area contributed by atoms with Gasteiger partial charge in [0.1, 0.15) is 12.4 Å². The molecule has 1 amide bonds. The van der Waals surface area contributed by atoms with Crippen molar-refractivity contribution in [2.24, 2.45) is 5.10 Å². The van der Waals surface area contributed by atoms with Crippen LogP contribution in [0.1, 0.15) is 39.5 Å². The molecule has 1 N–H and O–H groups in total. The zero-order chi connectivity index (χ0) is 19.9. The maximum absolute atomic E-state index is 12.3. The molecule has 0 spiro atoms. The van der Waals surface area contributed by atoms with Crippen LogP contribution in [0.15, 0.2) is 77.9 Å². The Morgan fingerprint density at radius 3 is 1.96 bits per heavy atom. The lowest BCUT2D eigenvalue weighted by atomic mass is 10.1. The highest BCUT2D eigenvalue weighted by Crippen LogP contribution is 2.15. The third kappa shape index (κ3) is 5.30. The quantitative estimate of drug-likeness (QED) is 0.487. The van der Waals surface area contributed by atoms with E-state index < -0.39 is 0 Å². The Labute approximate surface area is 165 Å². The first-order valence-electron chi connectivity index (χ1n) is 9.21. The lowest BCUT2D eigenvalue weighted by Crippen LogP contribution is -2.19. The maximum Gasteiger partial charge on any atom is 0.271 e. The number of hydrazone groups is 1. The molecule has 3 aromatic carbocycles. The monoisotopic (exact) mass is 372 g/mol. The van der Waals surface area contributed by atoms with Gasteiger partial charge in [-0.25, -0.2) is 5.43 Å². The lowest BCUT2D eigenvalue weighted by molar-refractivity contribution is 0.0955. The molecule has 0 bridgehead atoms. The van der Waals surface area contributed by atoms with Gasteiger partial charge in [0.2, 0.25) is 0 Å². The Balaban J connectivity index is 1.56. The highest BCUT2D eigenvalue weighted by molar-refractivity contribution is 6.00. The van der Waals surface area contributed by atoms with Crippen molar-refractivity contribution in [1.82, 2.24) is 5.43 Å². The SMILES string of the molecule is C/C(=N/NC(=O)c1ccc(OCc2ccc(C)cc2)cc1)c1ccc(C)cc1. The third-order valence-corrected chi connectivity index (χ3v) is 4.44. The van der Waals surface area contributed by atoms with Crippen LogP contribution < -0.4 is 10.2 Å². The average molecular weight is 372 g/mol. The summed E-state index contributed by atoms with van der Waals surface area (Å²) < 4.78 is 5.77. The summed E-state index contributed by atoms with van der Waals surface area (Å²) in [7, 11) is 0. The number of aryl methyl sites for hydroxylation is 2. The maximum atomic E-state index is 12.3. The Hall–Kier alpha value is -3.40. The fourth-order valence-electron chi connectivity index (χ4n) is 2.61. The van der Waals surface area contributed by atoms with Crippen molar-refractivity contribution < 1.29 is 9.53 Å². The lowest BCUT2D eigenvalue weighted by Gasteiger charge is -2.08. The predicted molar refractivity (Wildman–Crippen MR) is 113 cm³/mol. The van der Waals surface area contributed by atoms with Crippen LogP contribution in [0.25, 0.3) is 0 Å². The first kappa shape index (κ1) is 19.4. The topological polar surface area (TPSA) is 50.7 Å². The minimum atomic E-state index is -0.253. The van der Waals surface area contributed by atoms with E-state index in [9.17, 15) is 4.79 Å².